The molecule has 2 saturated heterocycles. The number of rotatable bonds is 11. The molecule has 24 heteroatoms. The average Bonchev–Trinajstić information content (AvgIpc) is 2.71. The Morgan fingerprint density at radius 2 is 1.49 bits per heavy atom. The van der Waals surface area contributed by atoms with Crippen LogP contribution in [-0.2, 0) is 58.5 Å². The van der Waals surface area contributed by atoms with Crippen molar-refractivity contribution in [3.05, 3.63) is 0 Å². The topological polar surface area (TPSA) is 340 Å². The molecule has 0 saturated carbocycles. The van der Waals surface area contributed by atoms with Crippen molar-refractivity contribution < 1.29 is 91.8 Å². The predicted octanol–water partition coefficient (Wildman–Crippen LogP) is -6.00. The van der Waals surface area contributed by atoms with E-state index in [1.807, 2.05) is 0 Å². The molecule has 0 bridgehead atoms. The van der Waals surface area contributed by atoms with E-state index in [0.29, 0.717) is 0 Å². The van der Waals surface area contributed by atoms with Crippen LogP contribution in [0.25, 0.3) is 0 Å². The number of nitrogens with one attached hydrogen (secondary N) is 1. The minimum absolute atomic E-state index is 1.20. The van der Waals surface area contributed by atoms with Gasteiger partial charge in [-0.25, -0.2) is 13.2 Å². The fourth-order valence-corrected chi connectivity index (χ4v) is 4.97. The van der Waals surface area contributed by atoms with Gasteiger partial charge in [0.05, 0.1) is 19.3 Å². The van der Waals surface area contributed by atoms with Crippen molar-refractivity contribution >= 4 is 37.1 Å². The Balaban J connectivity index is 2.50. The summed E-state index contributed by atoms with van der Waals surface area (Å²) in [5, 5.41) is 49.7. The molecule has 37 heavy (non-hydrogen) atoms. The molecule has 21 nitrogen and oxygen atoms in total. The van der Waals surface area contributed by atoms with Gasteiger partial charge in [0.15, 0.2) is 18.7 Å². The first-order valence-electron chi connectivity index (χ1n) is 9.60. The van der Waals surface area contributed by atoms with Gasteiger partial charge in [-0.05, 0) is 0 Å². The molecule has 2 fully saturated rings. The maximum absolute atomic E-state index is 11.5. The Hall–Kier alpha value is -1.20. The number of carboxylic acid groups (broad SMARTS) is 1. The largest absolute Gasteiger partial charge is 0.479 e. The van der Waals surface area contributed by atoms with Crippen LogP contribution in [0.15, 0.2) is 0 Å². The molecule has 2 heterocycles. The number of aliphatic carboxylic acids is 1. The summed E-state index contributed by atoms with van der Waals surface area (Å²) >= 11 is 0. The minimum Gasteiger partial charge on any atom is -0.479 e. The summed E-state index contributed by atoms with van der Waals surface area (Å²) in [6, 6.07) is -2.18. The second-order valence-corrected chi connectivity index (χ2v) is 10.9. The molecule has 10 unspecified atom stereocenters. The van der Waals surface area contributed by atoms with Gasteiger partial charge >= 0.3 is 37.1 Å². The van der Waals surface area contributed by atoms with E-state index in [-0.39, 0.29) is 0 Å². The second kappa shape index (κ2) is 11.9. The van der Waals surface area contributed by atoms with Gasteiger partial charge in [-0.1, -0.05) is 0 Å². The Labute approximate surface area is 208 Å². The molecular weight excluding hydrogens is 586 g/mol. The predicted molar refractivity (Wildman–Crippen MR) is 107 cm³/mol. The highest BCUT2D eigenvalue weighted by molar-refractivity contribution is 7.83. The van der Waals surface area contributed by atoms with Crippen LogP contribution in [0.4, 0.5) is 0 Å². The number of aliphatic hydroxyl groups is 4. The first-order chi connectivity index (χ1) is 16.7. The quantitative estimate of drug-likeness (QED) is 0.0984. The van der Waals surface area contributed by atoms with Crippen LogP contribution in [0.2, 0.25) is 0 Å². The van der Waals surface area contributed by atoms with Crippen molar-refractivity contribution in [1.29, 1.82) is 0 Å². The molecule has 0 radical (unpaired) electrons. The zero-order chi connectivity index (χ0) is 28.5. The van der Waals surface area contributed by atoms with E-state index >= 15 is 0 Å². The van der Waals surface area contributed by atoms with E-state index in [2.05, 4.69) is 8.37 Å². The highest BCUT2D eigenvalue weighted by Crippen LogP contribution is 2.33. The van der Waals surface area contributed by atoms with E-state index < -0.39 is 111 Å². The number of hydrogen-bond donors (Lipinski definition) is 9. The van der Waals surface area contributed by atoms with Gasteiger partial charge in [-0.15, -0.1) is 0 Å². The smallest absolute Gasteiger partial charge is 0.397 e. The third-order valence-electron chi connectivity index (χ3n) is 5.06. The molecule has 2 rings (SSSR count). The number of carboxylic acids is 1. The summed E-state index contributed by atoms with van der Waals surface area (Å²) in [6.07, 6.45) is -18.0. The fraction of sp³-hybridized carbons (Fsp3) is 0.923. The summed E-state index contributed by atoms with van der Waals surface area (Å²) < 4.78 is 119. The molecule has 10 atom stereocenters. The second-order valence-electron chi connectivity index (χ2n) is 7.58. The molecule has 0 aromatic rings. The van der Waals surface area contributed by atoms with Crippen LogP contribution in [0, 0.1) is 5.92 Å². The molecule has 0 aromatic heterocycles. The van der Waals surface area contributed by atoms with Gasteiger partial charge in [0.2, 0.25) is 0 Å². The Morgan fingerprint density at radius 1 is 0.892 bits per heavy atom. The van der Waals surface area contributed by atoms with E-state index in [9.17, 15) is 55.6 Å². The first-order valence-corrected chi connectivity index (χ1v) is 13.8. The van der Waals surface area contributed by atoms with Crippen molar-refractivity contribution in [1.82, 2.24) is 4.72 Å². The maximum Gasteiger partial charge on any atom is 0.397 e. The van der Waals surface area contributed by atoms with Crippen molar-refractivity contribution in [2.24, 2.45) is 5.92 Å². The molecule has 2 aliphatic rings. The van der Waals surface area contributed by atoms with Gasteiger partial charge in [0.1, 0.15) is 30.5 Å². The SMILES string of the molecule is O=C(O)C1OC(OC2C(COS(=O)(=O)O)OC(O)C(NS(=O)(=O)O)C2O)C(OS(=O)(=O)O)C(CO)C1O. The lowest BCUT2D eigenvalue weighted by atomic mass is 9.89. The summed E-state index contributed by atoms with van der Waals surface area (Å²) in [4.78, 5) is 11.5. The fourth-order valence-electron chi connectivity index (χ4n) is 3.55. The molecule has 2 aliphatic heterocycles. The number of aliphatic hydroxyl groups excluding tert-OH is 4. The zero-order valence-electron chi connectivity index (χ0n) is 17.9. The molecule has 0 amide bonds. The monoisotopic (exact) mass is 609 g/mol. The van der Waals surface area contributed by atoms with E-state index in [1.54, 1.807) is 0 Å². The first kappa shape index (κ1) is 32.0. The highest BCUT2D eigenvalue weighted by atomic mass is 32.3. The van der Waals surface area contributed by atoms with Gasteiger partial charge in [0.25, 0.3) is 0 Å². The normalized spacial score (nSPS) is 37.8. The van der Waals surface area contributed by atoms with Crippen LogP contribution in [0.1, 0.15) is 0 Å². The molecule has 0 aromatic carbocycles. The number of ether oxygens (including phenoxy) is 3. The van der Waals surface area contributed by atoms with Crippen LogP contribution in [0.5, 0.6) is 0 Å². The van der Waals surface area contributed by atoms with Gasteiger partial charge in [-0.2, -0.15) is 30.0 Å². The minimum atomic E-state index is -5.43. The summed E-state index contributed by atoms with van der Waals surface area (Å²) in [5.74, 6) is -3.74. The van der Waals surface area contributed by atoms with Gasteiger partial charge in [-0.3, -0.25) is 13.7 Å². The third-order valence-corrected chi connectivity index (χ3v) is 6.53. The Morgan fingerprint density at radius 3 is 1.95 bits per heavy atom. The zero-order valence-corrected chi connectivity index (χ0v) is 20.3. The van der Waals surface area contributed by atoms with Gasteiger partial charge in [0, 0.05) is 5.92 Å². The molecule has 0 aliphatic carbocycles. The van der Waals surface area contributed by atoms with Crippen LogP contribution < -0.4 is 4.72 Å². The number of hydrogen-bond acceptors (Lipinski definition) is 16. The molecule has 218 valence electrons. The third kappa shape index (κ3) is 8.92. The summed E-state index contributed by atoms with van der Waals surface area (Å²) in [5.41, 5.74) is 0. The Kier molecular flexibility index (Phi) is 10.3. The van der Waals surface area contributed by atoms with Crippen LogP contribution in [0.3, 0.4) is 0 Å². The number of carbonyl (C=O) groups is 1. The van der Waals surface area contributed by atoms with E-state index in [0.717, 1.165) is 0 Å². The van der Waals surface area contributed by atoms with Crippen LogP contribution in [-0.4, -0.2) is 139 Å². The van der Waals surface area contributed by atoms with E-state index in [1.165, 1.54) is 4.72 Å². The molecular formula is C13H23NO20S3. The Bertz CT molecular complexity index is 1120. The lowest BCUT2D eigenvalue weighted by molar-refractivity contribution is -0.332. The van der Waals surface area contributed by atoms with E-state index in [4.69, 9.17) is 27.9 Å². The van der Waals surface area contributed by atoms with Crippen molar-refractivity contribution in [3.8, 4) is 0 Å². The van der Waals surface area contributed by atoms with Gasteiger partial charge < -0.3 is 39.7 Å². The van der Waals surface area contributed by atoms with Crippen molar-refractivity contribution in [3.63, 3.8) is 0 Å². The molecule has 9 N–H and O–H groups in total. The molecule has 0 spiro atoms. The maximum atomic E-state index is 11.5. The lowest BCUT2D eigenvalue weighted by Crippen LogP contribution is -2.67. The van der Waals surface area contributed by atoms with Crippen molar-refractivity contribution in [2.75, 3.05) is 13.2 Å². The lowest BCUT2D eigenvalue weighted by Gasteiger charge is -2.46. The average molecular weight is 610 g/mol. The standard InChI is InChI=1S/C13H23NO20S3/c15-1-3-6(16)10(11(18)19)33-13(8(3)34-37(27,28)29)32-9-4(2-30-36(24,25)26)31-12(20)5(7(9)17)14-35(21,22)23/h3-10,12-17,20H,1-2H2,(H,18,19)(H,21,22,23)(H,24,25,26)(H,27,28,29). The summed E-state index contributed by atoms with van der Waals surface area (Å²) in [7, 11) is -15.8. The summed E-state index contributed by atoms with van der Waals surface area (Å²) in [6.45, 7) is -2.47. The highest BCUT2D eigenvalue weighted by Gasteiger charge is 2.54. The van der Waals surface area contributed by atoms with Crippen molar-refractivity contribution in [2.45, 2.75) is 55.2 Å². The van der Waals surface area contributed by atoms with Crippen LogP contribution >= 0.6 is 0 Å².